The summed E-state index contributed by atoms with van der Waals surface area (Å²) >= 11 is 8.24. The van der Waals surface area contributed by atoms with Crippen LogP contribution in [0.15, 0.2) is 83.1 Å². The molecule has 0 radical (unpaired) electrons. The predicted octanol–water partition coefficient (Wildman–Crippen LogP) is 6.95. The number of hydrogen-bond donors (Lipinski definition) is 3. The van der Waals surface area contributed by atoms with E-state index >= 15 is 0 Å². The van der Waals surface area contributed by atoms with Crippen molar-refractivity contribution in [3.63, 3.8) is 0 Å². The van der Waals surface area contributed by atoms with Gasteiger partial charge in [0.1, 0.15) is 5.75 Å². The van der Waals surface area contributed by atoms with Gasteiger partial charge < -0.3 is 20.7 Å². The Morgan fingerprint density at radius 1 is 0.974 bits per heavy atom. The molecule has 10 heteroatoms. The third kappa shape index (κ3) is 7.18. The van der Waals surface area contributed by atoms with Crippen molar-refractivity contribution in [2.75, 3.05) is 23.1 Å². The van der Waals surface area contributed by atoms with E-state index in [-0.39, 0.29) is 16.9 Å². The Balaban J connectivity index is 1.33. The molecule has 0 aliphatic heterocycles. The van der Waals surface area contributed by atoms with Gasteiger partial charge in [-0.1, -0.05) is 18.2 Å². The van der Waals surface area contributed by atoms with Crippen molar-refractivity contribution in [1.82, 2.24) is 4.98 Å². The first-order valence-electron chi connectivity index (χ1n) is 11.7. The summed E-state index contributed by atoms with van der Waals surface area (Å²) in [4.78, 5) is 29.8. The van der Waals surface area contributed by atoms with Gasteiger partial charge in [0.25, 0.3) is 0 Å². The Hall–Kier alpha value is -3.73. The van der Waals surface area contributed by atoms with Crippen molar-refractivity contribution >= 4 is 68.6 Å². The number of hydrogen-bond acceptors (Lipinski definition) is 7. The number of nitrogens with one attached hydrogen (secondary N) is 3. The van der Waals surface area contributed by atoms with Crippen LogP contribution in [0.5, 0.6) is 5.75 Å². The van der Waals surface area contributed by atoms with E-state index in [1.807, 2.05) is 60.8 Å². The molecule has 4 rings (SSSR count). The zero-order chi connectivity index (χ0) is 27.1. The summed E-state index contributed by atoms with van der Waals surface area (Å²) in [5, 5.41) is 11.7. The van der Waals surface area contributed by atoms with Crippen LogP contribution in [-0.2, 0) is 4.79 Å². The largest absolute Gasteiger partial charge is 0.496 e. The number of amides is 1. The predicted molar refractivity (Wildman–Crippen MR) is 161 cm³/mol. The highest BCUT2D eigenvalue weighted by molar-refractivity contribution is 8.00. The molecule has 38 heavy (non-hydrogen) atoms. The number of thioether (sulfide) groups is 1. The van der Waals surface area contributed by atoms with Gasteiger partial charge in [0.2, 0.25) is 5.91 Å². The highest BCUT2D eigenvalue weighted by Crippen LogP contribution is 2.32. The van der Waals surface area contributed by atoms with Crippen LogP contribution in [0, 0.1) is 0 Å². The molecule has 0 fully saturated rings. The monoisotopic (exact) mass is 562 g/mol. The summed E-state index contributed by atoms with van der Waals surface area (Å²) in [6.45, 7) is 3.38. The zero-order valence-corrected chi connectivity index (χ0v) is 23.4. The Bertz CT molecular complexity index is 1450. The number of aromatic nitrogens is 1. The summed E-state index contributed by atoms with van der Waals surface area (Å²) < 4.78 is 5.42. The topological polar surface area (TPSA) is 92.4 Å². The minimum Gasteiger partial charge on any atom is -0.496 e. The lowest BCUT2D eigenvalue weighted by Gasteiger charge is -2.13. The number of thiazole rings is 1. The summed E-state index contributed by atoms with van der Waals surface area (Å²) in [6, 6.07) is 22.4. The number of anilines is 3. The molecule has 7 nitrogen and oxygen atoms in total. The smallest absolute Gasteiger partial charge is 0.239 e. The number of rotatable bonds is 9. The maximum atomic E-state index is 12.9. The third-order valence-electron chi connectivity index (χ3n) is 5.44. The average Bonchev–Trinajstić information content (AvgIpc) is 3.37. The number of Topliss-reactive ketones (excluding diaryl/α,β-unsaturated/α-hetero) is 1. The van der Waals surface area contributed by atoms with Crippen molar-refractivity contribution in [1.29, 1.82) is 0 Å². The minimum absolute atomic E-state index is 0.0127. The van der Waals surface area contributed by atoms with Gasteiger partial charge in [-0.3, -0.25) is 9.59 Å². The van der Waals surface area contributed by atoms with E-state index in [1.54, 1.807) is 31.4 Å². The normalized spacial score (nSPS) is 11.3. The lowest BCUT2D eigenvalue weighted by atomic mass is 10.1. The second-order valence-electron chi connectivity index (χ2n) is 8.23. The van der Waals surface area contributed by atoms with E-state index in [1.165, 1.54) is 30.0 Å². The fourth-order valence-electron chi connectivity index (χ4n) is 3.50. The van der Waals surface area contributed by atoms with E-state index in [0.717, 1.165) is 33.3 Å². The van der Waals surface area contributed by atoms with Gasteiger partial charge in [-0.25, -0.2) is 4.98 Å². The number of methoxy groups -OCH3 is 1. The molecule has 4 aromatic rings. The number of para-hydroxylation sites is 1. The van der Waals surface area contributed by atoms with E-state index in [4.69, 9.17) is 17.0 Å². The fourth-order valence-corrected chi connectivity index (χ4v) is 5.38. The van der Waals surface area contributed by atoms with Crippen molar-refractivity contribution in [3.8, 4) is 17.0 Å². The number of benzene rings is 3. The third-order valence-corrected chi connectivity index (χ3v) is 7.50. The highest BCUT2D eigenvalue weighted by Gasteiger charge is 2.17. The first-order valence-corrected chi connectivity index (χ1v) is 13.8. The number of thiocarbonyl (C=S) groups is 1. The van der Waals surface area contributed by atoms with Crippen LogP contribution in [0.1, 0.15) is 24.2 Å². The molecule has 0 aliphatic carbocycles. The SMILES string of the molecule is COc1ccccc1-c1csc(NC(=O)C(C)Sc2cccc(NC(=S)Nc3ccc(C(C)=O)cc3)c2)n1. The average molecular weight is 563 g/mol. The van der Waals surface area contributed by atoms with E-state index in [9.17, 15) is 9.59 Å². The molecule has 1 atom stereocenters. The van der Waals surface area contributed by atoms with Gasteiger partial charge in [-0.2, -0.15) is 0 Å². The Labute approximate surface area is 235 Å². The Morgan fingerprint density at radius 3 is 2.45 bits per heavy atom. The first-order chi connectivity index (χ1) is 18.3. The van der Waals surface area contributed by atoms with Gasteiger partial charge in [0.15, 0.2) is 16.0 Å². The fraction of sp³-hybridized carbons (Fsp3) is 0.143. The molecule has 1 aromatic heterocycles. The van der Waals surface area contributed by atoms with Crippen LogP contribution < -0.4 is 20.7 Å². The van der Waals surface area contributed by atoms with Crippen molar-refractivity contribution in [2.24, 2.45) is 0 Å². The van der Waals surface area contributed by atoms with Crippen LogP contribution in [0.4, 0.5) is 16.5 Å². The zero-order valence-electron chi connectivity index (χ0n) is 21.0. The van der Waals surface area contributed by atoms with Crippen molar-refractivity contribution in [2.45, 2.75) is 24.0 Å². The molecule has 0 aliphatic rings. The lowest BCUT2D eigenvalue weighted by molar-refractivity contribution is -0.115. The number of carbonyl (C=O) groups is 2. The number of nitrogens with zero attached hydrogens (tertiary/aromatic N) is 1. The first kappa shape index (κ1) is 27.3. The van der Waals surface area contributed by atoms with Gasteiger partial charge >= 0.3 is 0 Å². The number of ether oxygens (including phenoxy) is 1. The van der Waals surface area contributed by atoms with Crippen LogP contribution in [0.25, 0.3) is 11.3 Å². The summed E-state index contributed by atoms with van der Waals surface area (Å²) in [6.07, 6.45) is 0. The molecule has 1 heterocycles. The van der Waals surface area contributed by atoms with Crippen LogP contribution in [0.2, 0.25) is 0 Å². The summed E-state index contributed by atoms with van der Waals surface area (Å²) in [5.41, 5.74) is 3.84. The number of carbonyl (C=O) groups excluding carboxylic acids is 2. The van der Waals surface area contributed by atoms with Crippen molar-refractivity contribution in [3.05, 3.63) is 83.7 Å². The summed E-state index contributed by atoms with van der Waals surface area (Å²) in [5.74, 6) is 0.605. The van der Waals surface area contributed by atoms with Gasteiger partial charge in [-0.15, -0.1) is 23.1 Å². The molecule has 1 unspecified atom stereocenters. The Morgan fingerprint density at radius 2 is 1.71 bits per heavy atom. The Kier molecular flexibility index (Phi) is 9.11. The molecule has 0 spiro atoms. The lowest BCUT2D eigenvalue weighted by Crippen LogP contribution is -2.22. The molecule has 3 N–H and O–H groups in total. The maximum absolute atomic E-state index is 12.9. The van der Waals surface area contributed by atoms with Crippen LogP contribution in [0.3, 0.4) is 0 Å². The van der Waals surface area contributed by atoms with Gasteiger partial charge in [0.05, 0.1) is 18.1 Å². The quantitative estimate of drug-likeness (QED) is 0.115. The molecule has 1 amide bonds. The van der Waals surface area contributed by atoms with Crippen LogP contribution in [-0.4, -0.2) is 34.1 Å². The minimum atomic E-state index is -0.353. The van der Waals surface area contributed by atoms with E-state index in [2.05, 4.69) is 20.9 Å². The van der Waals surface area contributed by atoms with Gasteiger partial charge in [0, 0.05) is 32.8 Å². The molecule has 0 saturated heterocycles. The molecule has 0 bridgehead atoms. The highest BCUT2D eigenvalue weighted by atomic mass is 32.2. The molecule has 194 valence electrons. The summed E-state index contributed by atoms with van der Waals surface area (Å²) in [7, 11) is 1.62. The molecular formula is C28H26N4O3S3. The maximum Gasteiger partial charge on any atom is 0.239 e. The number of ketones is 1. The second kappa shape index (κ2) is 12.7. The van der Waals surface area contributed by atoms with Crippen LogP contribution >= 0.6 is 35.3 Å². The van der Waals surface area contributed by atoms with Gasteiger partial charge in [-0.05, 0) is 80.7 Å². The second-order valence-corrected chi connectivity index (χ2v) is 10.9. The molecule has 3 aromatic carbocycles. The van der Waals surface area contributed by atoms with Crippen molar-refractivity contribution < 1.29 is 14.3 Å². The van der Waals surface area contributed by atoms with E-state index < -0.39 is 0 Å². The van der Waals surface area contributed by atoms with E-state index in [0.29, 0.717) is 15.8 Å². The molecular weight excluding hydrogens is 537 g/mol. The molecule has 0 saturated carbocycles. The standard InChI is InChI=1S/C28H26N4O3S3/c1-17(33)19-11-13-20(14-12-19)29-27(36)30-21-7-6-8-22(15-21)38-18(2)26(34)32-28-31-24(16-37-28)23-9-4-5-10-25(23)35-3/h4-16,18H,1-3H3,(H2,29,30,36)(H,31,32,34).